The van der Waals surface area contributed by atoms with E-state index in [0.717, 1.165) is 11.3 Å². The number of hydrogen-bond acceptors (Lipinski definition) is 4. The van der Waals surface area contributed by atoms with E-state index in [4.69, 9.17) is 4.74 Å². The van der Waals surface area contributed by atoms with Crippen molar-refractivity contribution in [2.24, 2.45) is 0 Å². The lowest BCUT2D eigenvalue weighted by Crippen LogP contribution is -2.10. The van der Waals surface area contributed by atoms with Gasteiger partial charge in [-0.05, 0) is 24.6 Å². The Morgan fingerprint density at radius 2 is 2.00 bits per heavy atom. The molecule has 1 amide bonds. The standard InChI is InChI=1S/C14H14N2O3/c1-10-5-3-4-6-12(10)19-13-8-7-11(9-15-13)16-14(17)18-2/h3-9H,1-2H3,(H,16,17). The van der Waals surface area contributed by atoms with Crippen molar-refractivity contribution in [3.8, 4) is 11.6 Å². The fourth-order valence-electron chi connectivity index (χ4n) is 1.47. The maximum atomic E-state index is 11.0. The van der Waals surface area contributed by atoms with Gasteiger partial charge in [-0.25, -0.2) is 9.78 Å². The number of methoxy groups -OCH3 is 1. The summed E-state index contributed by atoms with van der Waals surface area (Å²) in [5.74, 6) is 1.22. The molecule has 0 fully saturated rings. The molecular formula is C14H14N2O3. The number of pyridine rings is 1. The molecule has 2 rings (SSSR count). The van der Waals surface area contributed by atoms with Crippen LogP contribution in [0.2, 0.25) is 0 Å². The molecule has 19 heavy (non-hydrogen) atoms. The van der Waals surface area contributed by atoms with E-state index in [1.165, 1.54) is 13.3 Å². The van der Waals surface area contributed by atoms with Crippen molar-refractivity contribution in [2.75, 3.05) is 12.4 Å². The first-order valence-corrected chi connectivity index (χ1v) is 5.73. The highest BCUT2D eigenvalue weighted by molar-refractivity contribution is 5.84. The van der Waals surface area contributed by atoms with Crippen LogP contribution < -0.4 is 10.1 Å². The summed E-state index contributed by atoms with van der Waals surface area (Å²) in [6, 6.07) is 11.0. The van der Waals surface area contributed by atoms with Gasteiger partial charge in [0.2, 0.25) is 5.88 Å². The monoisotopic (exact) mass is 258 g/mol. The number of ether oxygens (including phenoxy) is 2. The minimum absolute atomic E-state index is 0.463. The molecular weight excluding hydrogens is 244 g/mol. The third-order valence-corrected chi connectivity index (χ3v) is 2.48. The number of anilines is 1. The number of aromatic nitrogens is 1. The number of carbonyl (C=O) groups excluding carboxylic acids is 1. The van der Waals surface area contributed by atoms with Crippen molar-refractivity contribution in [3.63, 3.8) is 0 Å². The number of carbonyl (C=O) groups is 1. The molecule has 0 saturated heterocycles. The lowest BCUT2D eigenvalue weighted by Gasteiger charge is -2.08. The fraction of sp³-hybridized carbons (Fsp3) is 0.143. The highest BCUT2D eigenvalue weighted by Gasteiger charge is 2.03. The van der Waals surface area contributed by atoms with E-state index in [1.807, 2.05) is 31.2 Å². The molecule has 0 unspecified atom stereocenters. The number of benzene rings is 1. The summed E-state index contributed by atoms with van der Waals surface area (Å²) in [5.41, 5.74) is 1.57. The highest BCUT2D eigenvalue weighted by atomic mass is 16.5. The van der Waals surface area contributed by atoms with Gasteiger partial charge in [-0.3, -0.25) is 5.32 Å². The summed E-state index contributed by atoms with van der Waals surface area (Å²) < 4.78 is 10.1. The van der Waals surface area contributed by atoms with Gasteiger partial charge >= 0.3 is 6.09 Å². The zero-order chi connectivity index (χ0) is 13.7. The average Bonchev–Trinajstić information content (AvgIpc) is 2.43. The minimum atomic E-state index is -0.533. The van der Waals surface area contributed by atoms with E-state index in [9.17, 15) is 4.79 Å². The smallest absolute Gasteiger partial charge is 0.411 e. The van der Waals surface area contributed by atoms with Gasteiger partial charge in [-0.1, -0.05) is 18.2 Å². The molecule has 1 aromatic heterocycles. The average molecular weight is 258 g/mol. The van der Waals surface area contributed by atoms with Crippen LogP contribution in [-0.2, 0) is 4.74 Å². The number of nitrogens with one attached hydrogen (secondary N) is 1. The van der Waals surface area contributed by atoms with Crippen LogP contribution in [0.25, 0.3) is 0 Å². The van der Waals surface area contributed by atoms with Crippen molar-refractivity contribution in [1.82, 2.24) is 4.98 Å². The topological polar surface area (TPSA) is 60.5 Å². The molecule has 1 aromatic carbocycles. The normalized spacial score (nSPS) is 9.79. The van der Waals surface area contributed by atoms with Crippen LogP contribution in [0.15, 0.2) is 42.6 Å². The second-order valence-electron chi connectivity index (χ2n) is 3.87. The largest absolute Gasteiger partial charge is 0.453 e. The summed E-state index contributed by atoms with van der Waals surface area (Å²) >= 11 is 0. The molecule has 0 aliphatic rings. The molecule has 0 radical (unpaired) electrons. The zero-order valence-corrected chi connectivity index (χ0v) is 10.7. The second-order valence-corrected chi connectivity index (χ2v) is 3.87. The molecule has 0 aliphatic carbocycles. The Kier molecular flexibility index (Phi) is 3.97. The van der Waals surface area contributed by atoms with Gasteiger partial charge < -0.3 is 9.47 Å². The summed E-state index contributed by atoms with van der Waals surface area (Å²) in [6.07, 6.45) is 0.972. The molecule has 0 atom stereocenters. The van der Waals surface area contributed by atoms with Crippen molar-refractivity contribution in [1.29, 1.82) is 0 Å². The molecule has 0 bridgehead atoms. The summed E-state index contributed by atoms with van der Waals surface area (Å²) in [6.45, 7) is 1.96. The molecule has 98 valence electrons. The van der Waals surface area contributed by atoms with Gasteiger partial charge in [0.05, 0.1) is 19.0 Å². The predicted octanol–water partition coefficient (Wildman–Crippen LogP) is 3.36. The van der Waals surface area contributed by atoms with Crippen molar-refractivity contribution in [3.05, 3.63) is 48.2 Å². The van der Waals surface area contributed by atoms with Gasteiger partial charge in [-0.2, -0.15) is 0 Å². The van der Waals surface area contributed by atoms with Crippen LogP contribution in [0.3, 0.4) is 0 Å². The summed E-state index contributed by atoms with van der Waals surface area (Å²) in [4.78, 5) is 15.1. The van der Waals surface area contributed by atoms with Crippen molar-refractivity contribution in [2.45, 2.75) is 6.92 Å². The Morgan fingerprint density at radius 3 is 2.63 bits per heavy atom. The van der Waals surface area contributed by atoms with Crippen LogP contribution in [0.4, 0.5) is 10.5 Å². The van der Waals surface area contributed by atoms with Gasteiger partial charge in [0, 0.05) is 6.07 Å². The number of nitrogens with zero attached hydrogens (tertiary/aromatic N) is 1. The third-order valence-electron chi connectivity index (χ3n) is 2.48. The summed E-state index contributed by atoms with van der Waals surface area (Å²) in [7, 11) is 1.30. The SMILES string of the molecule is COC(=O)Nc1ccc(Oc2ccccc2C)nc1. The van der Waals surface area contributed by atoms with E-state index >= 15 is 0 Å². The van der Waals surface area contributed by atoms with Crippen LogP contribution in [0.5, 0.6) is 11.6 Å². The summed E-state index contributed by atoms with van der Waals surface area (Å²) in [5, 5.41) is 2.51. The second kappa shape index (κ2) is 5.86. The minimum Gasteiger partial charge on any atom is -0.453 e. The first-order valence-electron chi connectivity index (χ1n) is 5.73. The van der Waals surface area contributed by atoms with E-state index in [1.54, 1.807) is 12.1 Å². The molecule has 1 heterocycles. The number of aryl methyl sites for hydroxylation is 1. The van der Waals surface area contributed by atoms with Gasteiger partial charge in [-0.15, -0.1) is 0 Å². The molecule has 5 heteroatoms. The zero-order valence-electron chi connectivity index (χ0n) is 10.7. The van der Waals surface area contributed by atoms with Crippen molar-refractivity contribution < 1.29 is 14.3 Å². The van der Waals surface area contributed by atoms with Gasteiger partial charge in [0.25, 0.3) is 0 Å². The molecule has 0 saturated carbocycles. The number of para-hydroxylation sites is 1. The van der Waals surface area contributed by atoms with Crippen LogP contribution in [0.1, 0.15) is 5.56 Å². The number of amides is 1. The fourth-order valence-corrected chi connectivity index (χ4v) is 1.47. The lowest BCUT2D eigenvalue weighted by molar-refractivity contribution is 0.187. The van der Waals surface area contributed by atoms with Gasteiger partial charge in [0.1, 0.15) is 5.75 Å². The van der Waals surface area contributed by atoms with E-state index in [2.05, 4.69) is 15.0 Å². The van der Waals surface area contributed by atoms with Gasteiger partial charge in [0.15, 0.2) is 0 Å². The van der Waals surface area contributed by atoms with Crippen LogP contribution >= 0.6 is 0 Å². The Hall–Kier alpha value is -2.56. The predicted molar refractivity (Wildman–Crippen MR) is 71.5 cm³/mol. The van der Waals surface area contributed by atoms with E-state index < -0.39 is 6.09 Å². The lowest BCUT2D eigenvalue weighted by atomic mass is 10.2. The number of hydrogen-bond donors (Lipinski definition) is 1. The Bertz CT molecular complexity index is 567. The van der Waals surface area contributed by atoms with Crippen molar-refractivity contribution >= 4 is 11.8 Å². The van der Waals surface area contributed by atoms with Crippen LogP contribution in [0, 0.1) is 6.92 Å². The van der Waals surface area contributed by atoms with E-state index in [0.29, 0.717) is 11.6 Å². The maximum absolute atomic E-state index is 11.0. The molecule has 0 aliphatic heterocycles. The number of rotatable bonds is 3. The first-order chi connectivity index (χ1) is 9.19. The molecule has 2 aromatic rings. The Labute approximate surface area is 111 Å². The highest BCUT2D eigenvalue weighted by Crippen LogP contribution is 2.23. The Balaban J connectivity index is 2.07. The maximum Gasteiger partial charge on any atom is 0.411 e. The van der Waals surface area contributed by atoms with Crippen LogP contribution in [-0.4, -0.2) is 18.2 Å². The first kappa shape index (κ1) is 12.9. The molecule has 1 N–H and O–H groups in total. The Morgan fingerprint density at radius 1 is 1.21 bits per heavy atom. The molecule has 0 spiro atoms. The van der Waals surface area contributed by atoms with E-state index in [-0.39, 0.29) is 0 Å². The third kappa shape index (κ3) is 3.45. The molecule has 5 nitrogen and oxygen atoms in total. The quantitative estimate of drug-likeness (QED) is 0.917.